The molecule has 2 aliphatic heterocycles. The lowest BCUT2D eigenvalue weighted by atomic mass is 10.2. The van der Waals surface area contributed by atoms with Crippen LogP contribution in [0.3, 0.4) is 0 Å². The zero-order valence-electron chi connectivity index (χ0n) is 12.2. The average molecular weight is 273 g/mol. The lowest BCUT2D eigenvalue weighted by molar-refractivity contribution is -0.131. The minimum absolute atomic E-state index is 0.275. The van der Waals surface area contributed by atoms with Gasteiger partial charge in [0.2, 0.25) is 5.91 Å². The monoisotopic (exact) mass is 273 g/mol. The third kappa shape index (κ3) is 2.66. The van der Waals surface area contributed by atoms with Gasteiger partial charge < -0.3 is 14.7 Å². The van der Waals surface area contributed by atoms with E-state index in [2.05, 4.69) is 41.0 Å². The number of fused-ring (bicyclic) bond motifs is 1. The Balaban J connectivity index is 1.58. The summed E-state index contributed by atoms with van der Waals surface area (Å²) in [5, 5.41) is 0. The standard InChI is InChI=1S/C16H23N3O/c1-2-17-9-11-18(12-10-17)16(20)13-19-8-7-14-5-3-4-6-15(14)19/h3-6H,2,7-13H2,1H3. The zero-order chi connectivity index (χ0) is 13.9. The second-order valence-corrected chi connectivity index (χ2v) is 5.62. The van der Waals surface area contributed by atoms with Gasteiger partial charge >= 0.3 is 0 Å². The maximum absolute atomic E-state index is 12.4. The first-order chi connectivity index (χ1) is 9.78. The number of rotatable bonds is 3. The first-order valence-corrected chi connectivity index (χ1v) is 7.61. The largest absolute Gasteiger partial charge is 0.362 e. The van der Waals surface area contributed by atoms with Crippen LogP contribution >= 0.6 is 0 Å². The van der Waals surface area contributed by atoms with Gasteiger partial charge in [0.1, 0.15) is 0 Å². The Bertz CT molecular complexity index is 480. The van der Waals surface area contributed by atoms with Gasteiger partial charge in [0.05, 0.1) is 6.54 Å². The summed E-state index contributed by atoms with van der Waals surface area (Å²) in [6.07, 6.45) is 1.06. The first kappa shape index (κ1) is 13.4. The summed E-state index contributed by atoms with van der Waals surface area (Å²) in [7, 11) is 0. The molecule has 1 amide bonds. The number of anilines is 1. The number of carbonyl (C=O) groups is 1. The predicted molar refractivity (Wildman–Crippen MR) is 81.1 cm³/mol. The molecule has 0 bridgehead atoms. The summed E-state index contributed by atoms with van der Waals surface area (Å²) in [5.41, 5.74) is 2.61. The maximum Gasteiger partial charge on any atom is 0.242 e. The van der Waals surface area contributed by atoms with Crippen LogP contribution in [0.2, 0.25) is 0 Å². The summed E-state index contributed by atoms with van der Waals surface area (Å²) < 4.78 is 0. The smallest absolute Gasteiger partial charge is 0.242 e. The normalized spacial score (nSPS) is 19.2. The summed E-state index contributed by atoms with van der Waals surface area (Å²) in [6.45, 7) is 8.55. The Morgan fingerprint density at radius 2 is 1.85 bits per heavy atom. The van der Waals surface area contributed by atoms with Gasteiger partial charge in [-0.2, -0.15) is 0 Å². The van der Waals surface area contributed by atoms with Gasteiger partial charge in [-0.05, 0) is 24.6 Å². The minimum Gasteiger partial charge on any atom is -0.362 e. The second-order valence-electron chi connectivity index (χ2n) is 5.62. The highest BCUT2D eigenvalue weighted by molar-refractivity contribution is 5.82. The van der Waals surface area contributed by atoms with E-state index in [0.29, 0.717) is 6.54 Å². The summed E-state index contributed by atoms with van der Waals surface area (Å²) in [5.74, 6) is 0.275. The number of hydrogen-bond donors (Lipinski definition) is 0. The molecule has 0 atom stereocenters. The van der Waals surface area contributed by atoms with Gasteiger partial charge in [-0.3, -0.25) is 4.79 Å². The Kier molecular flexibility index (Phi) is 3.92. The van der Waals surface area contributed by atoms with Crippen molar-refractivity contribution in [1.29, 1.82) is 0 Å². The SMILES string of the molecule is CCN1CCN(C(=O)CN2CCc3ccccc32)CC1. The molecule has 4 nitrogen and oxygen atoms in total. The molecule has 108 valence electrons. The highest BCUT2D eigenvalue weighted by Crippen LogP contribution is 2.27. The van der Waals surface area contributed by atoms with E-state index in [-0.39, 0.29) is 5.91 Å². The zero-order valence-corrected chi connectivity index (χ0v) is 12.2. The van der Waals surface area contributed by atoms with E-state index >= 15 is 0 Å². The molecule has 0 unspecified atom stereocenters. The van der Waals surface area contributed by atoms with Crippen LogP contribution < -0.4 is 4.90 Å². The van der Waals surface area contributed by atoms with Crippen molar-refractivity contribution in [2.45, 2.75) is 13.3 Å². The van der Waals surface area contributed by atoms with Crippen molar-refractivity contribution in [3.63, 3.8) is 0 Å². The van der Waals surface area contributed by atoms with Crippen LogP contribution in [0.4, 0.5) is 5.69 Å². The molecule has 1 aromatic rings. The summed E-state index contributed by atoms with van der Waals surface area (Å²) in [6, 6.07) is 8.43. The number of nitrogens with zero attached hydrogens (tertiary/aromatic N) is 3. The van der Waals surface area contributed by atoms with Crippen molar-refractivity contribution < 1.29 is 4.79 Å². The van der Waals surface area contributed by atoms with Crippen LogP contribution in [-0.2, 0) is 11.2 Å². The Hall–Kier alpha value is -1.55. The molecule has 2 heterocycles. The van der Waals surface area contributed by atoms with E-state index in [1.807, 2.05) is 4.90 Å². The van der Waals surface area contributed by atoms with Gasteiger partial charge in [-0.25, -0.2) is 0 Å². The lowest BCUT2D eigenvalue weighted by Gasteiger charge is -2.35. The number of hydrogen-bond acceptors (Lipinski definition) is 3. The molecule has 1 aromatic carbocycles. The molecule has 1 fully saturated rings. The number of piperazine rings is 1. The Labute approximate surface area is 121 Å². The average Bonchev–Trinajstić information content (AvgIpc) is 2.91. The third-order valence-corrected chi connectivity index (χ3v) is 4.48. The van der Waals surface area contributed by atoms with Gasteiger partial charge in [0, 0.05) is 38.4 Å². The summed E-state index contributed by atoms with van der Waals surface area (Å²) in [4.78, 5) is 19.1. The van der Waals surface area contributed by atoms with E-state index < -0.39 is 0 Å². The Morgan fingerprint density at radius 1 is 1.10 bits per heavy atom. The molecule has 0 radical (unpaired) electrons. The van der Waals surface area contributed by atoms with Crippen LogP contribution in [0, 0.1) is 0 Å². The number of benzene rings is 1. The highest BCUT2D eigenvalue weighted by Gasteiger charge is 2.25. The van der Waals surface area contributed by atoms with Crippen LogP contribution in [-0.4, -0.2) is 61.5 Å². The molecule has 0 saturated carbocycles. The molecule has 0 spiro atoms. The topological polar surface area (TPSA) is 26.8 Å². The number of carbonyl (C=O) groups excluding carboxylic acids is 1. The van der Waals surface area contributed by atoms with Gasteiger partial charge in [-0.15, -0.1) is 0 Å². The van der Waals surface area contributed by atoms with E-state index in [4.69, 9.17) is 0 Å². The first-order valence-electron chi connectivity index (χ1n) is 7.61. The molecular weight excluding hydrogens is 250 g/mol. The molecule has 20 heavy (non-hydrogen) atoms. The third-order valence-electron chi connectivity index (χ3n) is 4.48. The molecule has 0 aromatic heterocycles. The molecular formula is C16H23N3O. The number of likely N-dealkylation sites (N-methyl/N-ethyl adjacent to an activating group) is 1. The fourth-order valence-corrected chi connectivity index (χ4v) is 3.15. The van der Waals surface area contributed by atoms with Crippen molar-refractivity contribution in [3.05, 3.63) is 29.8 Å². The van der Waals surface area contributed by atoms with E-state index in [1.165, 1.54) is 11.3 Å². The second kappa shape index (κ2) is 5.83. The minimum atomic E-state index is 0.275. The van der Waals surface area contributed by atoms with E-state index in [1.54, 1.807) is 0 Å². The van der Waals surface area contributed by atoms with E-state index in [9.17, 15) is 4.79 Å². The van der Waals surface area contributed by atoms with Gasteiger partial charge in [0.25, 0.3) is 0 Å². The quantitative estimate of drug-likeness (QED) is 0.828. The van der Waals surface area contributed by atoms with Crippen molar-refractivity contribution in [3.8, 4) is 0 Å². The number of para-hydroxylation sites is 1. The molecule has 2 aliphatic rings. The van der Waals surface area contributed by atoms with Crippen molar-refractivity contribution >= 4 is 11.6 Å². The fourth-order valence-electron chi connectivity index (χ4n) is 3.15. The van der Waals surface area contributed by atoms with Gasteiger partial charge in [-0.1, -0.05) is 25.1 Å². The summed E-state index contributed by atoms with van der Waals surface area (Å²) >= 11 is 0. The van der Waals surface area contributed by atoms with Crippen LogP contribution in [0.25, 0.3) is 0 Å². The van der Waals surface area contributed by atoms with Crippen LogP contribution in [0.5, 0.6) is 0 Å². The van der Waals surface area contributed by atoms with Crippen molar-refractivity contribution in [1.82, 2.24) is 9.80 Å². The fraction of sp³-hybridized carbons (Fsp3) is 0.562. The maximum atomic E-state index is 12.4. The van der Waals surface area contributed by atoms with Crippen molar-refractivity contribution in [2.24, 2.45) is 0 Å². The molecule has 0 N–H and O–H groups in total. The molecule has 1 saturated heterocycles. The molecule has 0 aliphatic carbocycles. The predicted octanol–water partition coefficient (Wildman–Crippen LogP) is 1.21. The lowest BCUT2D eigenvalue weighted by Crippen LogP contribution is -2.51. The molecule has 3 rings (SSSR count). The molecule has 4 heteroatoms. The van der Waals surface area contributed by atoms with E-state index in [0.717, 1.165) is 45.7 Å². The van der Waals surface area contributed by atoms with Gasteiger partial charge in [0.15, 0.2) is 0 Å². The van der Waals surface area contributed by atoms with Crippen molar-refractivity contribution in [2.75, 3.05) is 50.7 Å². The van der Waals surface area contributed by atoms with Crippen LogP contribution in [0.15, 0.2) is 24.3 Å². The number of amides is 1. The Morgan fingerprint density at radius 3 is 2.60 bits per heavy atom. The van der Waals surface area contributed by atoms with Crippen LogP contribution in [0.1, 0.15) is 12.5 Å². The highest BCUT2D eigenvalue weighted by atomic mass is 16.2.